The van der Waals surface area contributed by atoms with Crippen LogP contribution in [-0.2, 0) is 6.54 Å². The molecule has 0 aromatic heterocycles. The number of hydrogen-bond acceptors (Lipinski definition) is 3. The van der Waals surface area contributed by atoms with E-state index in [2.05, 4.69) is 53.3 Å². The summed E-state index contributed by atoms with van der Waals surface area (Å²) in [5.41, 5.74) is 4.83. The Morgan fingerprint density at radius 1 is 1.05 bits per heavy atom. The number of aryl methyl sites for hydroxylation is 2. The SMILES string of the molecule is CCOc1cc(CNc2ccc(C)c(C)c2)c(Br)cc1OC. The van der Waals surface area contributed by atoms with Crippen molar-refractivity contribution in [1.29, 1.82) is 0 Å². The van der Waals surface area contributed by atoms with Crippen molar-refractivity contribution in [1.82, 2.24) is 0 Å². The van der Waals surface area contributed by atoms with Crippen LogP contribution in [0.25, 0.3) is 0 Å². The first kappa shape index (κ1) is 16.7. The molecule has 0 heterocycles. The second kappa shape index (κ2) is 7.54. The van der Waals surface area contributed by atoms with Gasteiger partial charge in [-0.15, -0.1) is 0 Å². The van der Waals surface area contributed by atoms with Gasteiger partial charge in [0.05, 0.1) is 13.7 Å². The molecule has 0 spiro atoms. The average Bonchev–Trinajstić information content (AvgIpc) is 2.50. The van der Waals surface area contributed by atoms with Crippen molar-refractivity contribution in [2.45, 2.75) is 27.3 Å². The van der Waals surface area contributed by atoms with Crippen molar-refractivity contribution < 1.29 is 9.47 Å². The molecule has 0 saturated carbocycles. The Hall–Kier alpha value is -1.68. The minimum atomic E-state index is 0.613. The van der Waals surface area contributed by atoms with Gasteiger partial charge in [0.1, 0.15) is 0 Å². The van der Waals surface area contributed by atoms with Gasteiger partial charge in [0.2, 0.25) is 0 Å². The predicted molar refractivity (Wildman–Crippen MR) is 95.1 cm³/mol. The van der Waals surface area contributed by atoms with Crippen LogP contribution in [0.5, 0.6) is 11.5 Å². The highest BCUT2D eigenvalue weighted by Gasteiger charge is 2.10. The van der Waals surface area contributed by atoms with Gasteiger partial charge in [0, 0.05) is 16.7 Å². The topological polar surface area (TPSA) is 30.5 Å². The zero-order valence-electron chi connectivity index (χ0n) is 13.5. The Kier molecular flexibility index (Phi) is 5.72. The molecular weight excluding hydrogens is 342 g/mol. The fourth-order valence-corrected chi connectivity index (χ4v) is 2.65. The number of ether oxygens (including phenoxy) is 2. The number of nitrogens with one attached hydrogen (secondary N) is 1. The summed E-state index contributed by atoms with van der Waals surface area (Å²) in [4.78, 5) is 0. The molecule has 1 N–H and O–H groups in total. The number of anilines is 1. The van der Waals surface area contributed by atoms with Crippen LogP contribution in [0.3, 0.4) is 0 Å². The van der Waals surface area contributed by atoms with Crippen molar-refractivity contribution in [2.75, 3.05) is 19.0 Å². The van der Waals surface area contributed by atoms with Crippen molar-refractivity contribution in [3.8, 4) is 11.5 Å². The minimum Gasteiger partial charge on any atom is -0.493 e. The number of benzene rings is 2. The molecule has 2 aromatic rings. The van der Waals surface area contributed by atoms with Gasteiger partial charge in [-0.1, -0.05) is 22.0 Å². The molecule has 22 heavy (non-hydrogen) atoms. The zero-order chi connectivity index (χ0) is 16.1. The molecule has 0 unspecified atom stereocenters. The van der Waals surface area contributed by atoms with E-state index in [9.17, 15) is 0 Å². The molecule has 0 saturated heterocycles. The van der Waals surface area contributed by atoms with E-state index in [1.807, 2.05) is 19.1 Å². The lowest BCUT2D eigenvalue weighted by molar-refractivity contribution is 0.310. The van der Waals surface area contributed by atoms with Crippen LogP contribution in [0.15, 0.2) is 34.8 Å². The van der Waals surface area contributed by atoms with E-state index in [1.165, 1.54) is 11.1 Å². The summed E-state index contributed by atoms with van der Waals surface area (Å²) in [6, 6.07) is 10.4. The molecule has 0 aliphatic rings. The van der Waals surface area contributed by atoms with E-state index in [1.54, 1.807) is 7.11 Å². The van der Waals surface area contributed by atoms with Gasteiger partial charge in [0.15, 0.2) is 11.5 Å². The van der Waals surface area contributed by atoms with Crippen LogP contribution >= 0.6 is 15.9 Å². The highest BCUT2D eigenvalue weighted by molar-refractivity contribution is 9.10. The van der Waals surface area contributed by atoms with E-state index in [4.69, 9.17) is 9.47 Å². The van der Waals surface area contributed by atoms with E-state index >= 15 is 0 Å². The summed E-state index contributed by atoms with van der Waals surface area (Å²) in [5.74, 6) is 1.51. The van der Waals surface area contributed by atoms with Gasteiger partial charge in [0.25, 0.3) is 0 Å². The summed E-state index contributed by atoms with van der Waals surface area (Å²) in [6.45, 7) is 7.54. The molecular formula is C18H22BrNO2. The van der Waals surface area contributed by atoms with E-state index in [0.717, 1.165) is 27.2 Å². The second-order valence-electron chi connectivity index (χ2n) is 5.18. The number of halogens is 1. The van der Waals surface area contributed by atoms with Gasteiger partial charge in [-0.05, 0) is 61.7 Å². The van der Waals surface area contributed by atoms with Gasteiger partial charge in [-0.25, -0.2) is 0 Å². The Morgan fingerprint density at radius 3 is 2.45 bits per heavy atom. The van der Waals surface area contributed by atoms with E-state index < -0.39 is 0 Å². The molecule has 0 atom stereocenters. The summed E-state index contributed by atoms with van der Waals surface area (Å²) in [6.07, 6.45) is 0. The van der Waals surface area contributed by atoms with Crippen LogP contribution in [0.1, 0.15) is 23.6 Å². The molecule has 0 radical (unpaired) electrons. The first-order valence-electron chi connectivity index (χ1n) is 7.35. The lowest BCUT2D eigenvalue weighted by atomic mass is 10.1. The average molecular weight is 364 g/mol. The maximum atomic E-state index is 5.64. The van der Waals surface area contributed by atoms with Crippen molar-refractivity contribution in [3.63, 3.8) is 0 Å². The normalized spacial score (nSPS) is 10.4. The molecule has 2 rings (SSSR count). The lowest BCUT2D eigenvalue weighted by Crippen LogP contribution is -2.03. The molecule has 0 aliphatic carbocycles. The zero-order valence-corrected chi connectivity index (χ0v) is 15.1. The molecule has 3 nitrogen and oxygen atoms in total. The van der Waals surface area contributed by atoms with Crippen LogP contribution in [0, 0.1) is 13.8 Å². The summed E-state index contributed by atoms with van der Waals surface area (Å²) in [5, 5.41) is 3.45. The predicted octanol–water partition coefficient (Wildman–Crippen LogP) is 5.09. The van der Waals surface area contributed by atoms with Gasteiger partial charge < -0.3 is 14.8 Å². The maximum Gasteiger partial charge on any atom is 0.161 e. The first-order valence-corrected chi connectivity index (χ1v) is 8.14. The Balaban J connectivity index is 2.18. The van der Waals surface area contributed by atoms with Crippen LogP contribution in [-0.4, -0.2) is 13.7 Å². The number of hydrogen-bond donors (Lipinski definition) is 1. The molecule has 0 amide bonds. The van der Waals surface area contributed by atoms with Crippen molar-refractivity contribution in [3.05, 3.63) is 51.5 Å². The highest BCUT2D eigenvalue weighted by atomic mass is 79.9. The minimum absolute atomic E-state index is 0.613. The standard InChI is InChI=1S/C18H22BrNO2/c1-5-22-18-9-14(16(19)10-17(18)21-4)11-20-15-7-6-12(2)13(3)8-15/h6-10,20H,5,11H2,1-4H3. The van der Waals surface area contributed by atoms with Crippen molar-refractivity contribution >= 4 is 21.6 Å². The summed E-state index contributed by atoms with van der Waals surface area (Å²) in [7, 11) is 1.65. The quantitative estimate of drug-likeness (QED) is 0.775. The highest BCUT2D eigenvalue weighted by Crippen LogP contribution is 2.34. The maximum absolute atomic E-state index is 5.64. The third-order valence-electron chi connectivity index (χ3n) is 3.62. The Morgan fingerprint density at radius 2 is 1.82 bits per heavy atom. The van der Waals surface area contributed by atoms with E-state index in [0.29, 0.717) is 13.2 Å². The van der Waals surface area contributed by atoms with Crippen LogP contribution in [0.2, 0.25) is 0 Å². The Bertz CT molecular complexity index is 656. The van der Waals surface area contributed by atoms with Gasteiger partial charge >= 0.3 is 0 Å². The molecule has 118 valence electrons. The third-order valence-corrected chi connectivity index (χ3v) is 4.36. The molecule has 4 heteroatoms. The molecule has 0 bridgehead atoms. The number of rotatable bonds is 6. The summed E-state index contributed by atoms with van der Waals surface area (Å²) >= 11 is 3.60. The smallest absolute Gasteiger partial charge is 0.161 e. The molecule has 2 aromatic carbocycles. The van der Waals surface area contributed by atoms with Crippen LogP contribution < -0.4 is 14.8 Å². The third kappa shape index (κ3) is 3.95. The van der Waals surface area contributed by atoms with Gasteiger partial charge in [-0.2, -0.15) is 0 Å². The number of methoxy groups -OCH3 is 1. The fraction of sp³-hybridized carbons (Fsp3) is 0.333. The van der Waals surface area contributed by atoms with Crippen molar-refractivity contribution in [2.24, 2.45) is 0 Å². The second-order valence-corrected chi connectivity index (χ2v) is 6.03. The molecule has 0 fully saturated rings. The van der Waals surface area contributed by atoms with Gasteiger partial charge in [-0.3, -0.25) is 0 Å². The lowest BCUT2D eigenvalue weighted by Gasteiger charge is -2.14. The largest absolute Gasteiger partial charge is 0.493 e. The fourth-order valence-electron chi connectivity index (χ4n) is 2.19. The monoisotopic (exact) mass is 363 g/mol. The Labute approximate surface area is 140 Å². The first-order chi connectivity index (χ1) is 10.5. The summed E-state index contributed by atoms with van der Waals surface area (Å²) < 4.78 is 12.0. The molecule has 0 aliphatic heterocycles. The van der Waals surface area contributed by atoms with E-state index in [-0.39, 0.29) is 0 Å². The van der Waals surface area contributed by atoms with Crippen LogP contribution in [0.4, 0.5) is 5.69 Å².